The number of aromatic nitrogens is 7. The minimum atomic E-state index is -0.210. The first-order valence-corrected chi connectivity index (χ1v) is 9.41. The summed E-state index contributed by atoms with van der Waals surface area (Å²) in [5.41, 5.74) is 2.61. The van der Waals surface area contributed by atoms with Gasteiger partial charge in [-0.15, -0.1) is 0 Å². The molecule has 0 unspecified atom stereocenters. The summed E-state index contributed by atoms with van der Waals surface area (Å²) in [5, 5.41) is 4.98. The van der Waals surface area contributed by atoms with Crippen LogP contribution >= 0.6 is 11.8 Å². The van der Waals surface area contributed by atoms with Crippen LogP contribution in [0.4, 0.5) is 0 Å². The summed E-state index contributed by atoms with van der Waals surface area (Å²) in [6.45, 7) is 1.73. The second-order valence-corrected chi connectivity index (χ2v) is 6.98. The number of nitrogens with one attached hydrogen (secondary N) is 1. The van der Waals surface area contributed by atoms with Crippen molar-refractivity contribution in [1.29, 1.82) is 0 Å². The van der Waals surface area contributed by atoms with Gasteiger partial charge in [0.05, 0.1) is 23.5 Å². The number of imidazole rings is 1. The first-order valence-electron chi connectivity index (χ1n) is 8.42. The highest BCUT2D eigenvalue weighted by Crippen LogP contribution is 2.26. The van der Waals surface area contributed by atoms with Crippen LogP contribution in [0.5, 0.6) is 0 Å². The molecule has 0 saturated carbocycles. The summed E-state index contributed by atoms with van der Waals surface area (Å²) in [7, 11) is 0. The van der Waals surface area contributed by atoms with E-state index in [-0.39, 0.29) is 11.3 Å². The van der Waals surface area contributed by atoms with Gasteiger partial charge < -0.3 is 9.51 Å². The Hall–Kier alpha value is -3.53. The molecule has 9 nitrogen and oxygen atoms in total. The quantitative estimate of drug-likeness (QED) is 0.367. The lowest BCUT2D eigenvalue weighted by atomic mass is 10.2. The number of benzene rings is 1. The molecule has 4 heterocycles. The highest BCUT2D eigenvalue weighted by atomic mass is 32.2. The number of thioether (sulfide) groups is 1. The van der Waals surface area contributed by atoms with Crippen LogP contribution in [-0.4, -0.2) is 34.6 Å². The molecular formula is C18H13N7O2S. The maximum Gasteiger partial charge on any atom is 0.271 e. The molecule has 0 radical (unpaired) electrons. The highest BCUT2D eigenvalue weighted by Gasteiger charge is 2.19. The molecule has 138 valence electrons. The molecule has 4 aromatic heterocycles. The monoisotopic (exact) mass is 391 g/mol. The lowest BCUT2D eigenvalue weighted by molar-refractivity contribution is 0.441. The van der Waals surface area contributed by atoms with E-state index in [0.717, 1.165) is 5.69 Å². The largest absolute Gasteiger partial charge is 0.335 e. The van der Waals surface area contributed by atoms with Gasteiger partial charge in [-0.2, -0.15) is 4.98 Å². The van der Waals surface area contributed by atoms with Gasteiger partial charge in [-0.1, -0.05) is 35.1 Å². The van der Waals surface area contributed by atoms with Crippen LogP contribution < -0.4 is 5.56 Å². The molecular weight excluding hydrogens is 378 g/mol. The lowest BCUT2D eigenvalue weighted by Crippen LogP contribution is -2.23. The van der Waals surface area contributed by atoms with Crippen molar-refractivity contribution in [1.82, 2.24) is 34.6 Å². The van der Waals surface area contributed by atoms with Crippen molar-refractivity contribution in [3.63, 3.8) is 0 Å². The van der Waals surface area contributed by atoms with Crippen LogP contribution in [0.3, 0.4) is 0 Å². The van der Waals surface area contributed by atoms with Gasteiger partial charge in [0.15, 0.2) is 5.65 Å². The number of fused-ring (bicyclic) bond motifs is 2. The zero-order valence-electron chi connectivity index (χ0n) is 14.7. The molecule has 0 bridgehead atoms. The molecule has 1 aromatic carbocycles. The number of rotatable bonds is 4. The summed E-state index contributed by atoms with van der Waals surface area (Å²) >= 11 is 1.42. The van der Waals surface area contributed by atoms with E-state index in [9.17, 15) is 4.79 Å². The Morgan fingerprint density at radius 1 is 1.18 bits per heavy atom. The number of aryl methyl sites for hydroxylation is 1. The van der Waals surface area contributed by atoms with E-state index in [1.54, 1.807) is 17.8 Å². The standard InChI is InChI=1S/C18H13N7O2S/c1-10-13-16(27-24-10)23-12(25(18(13)26)11-5-3-2-4-6-11)7-28-17-14-15(20-8-19-14)21-9-22-17/h2-6,8-9H,7H2,1H3,(H,19,20,21,22). The molecule has 0 saturated heterocycles. The summed E-state index contributed by atoms with van der Waals surface area (Å²) in [4.78, 5) is 33.4. The van der Waals surface area contributed by atoms with Gasteiger partial charge >= 0.3 is 0 Å². The highest BCUT2D eigenvalue weighted by molar-refractivity contribution is 7.98. The number of aromatic amines is 1. The molecule has 10 heteroatoms. The van der Waals surface area contributed by atoms with Crippen molar-refractivity contribution in [3.8, 4) is 5.69 Å². The van der Waals surface area contributed by atoms with Crippen molar-refractivity contribution >= 4 is 34.0 Å². The zero-order valence-corrected chi connectivity index (χ0v) is 15.5. The Balaban J connectivity index is 1.64. The molecule has 1 N–H and O–H groups in total. The predicted octanol–water partition coefficient (Wildman–Crippen LogP) is 2.64. The third kappa shape index (κ3) is 2.65. The van der Waals surface area contributed by atoms with Gasteiger partial charge in [-0.05, 0) is 19.1 Å². The van der Waals surface area contributed by atoms with Crippen LogP contribution in [0.25, 0.3) is 28.0 Å². The Bertz CT molecular complexity index is 1360. The number of H-pyrrole nitrogens is 1. The van der Waals surface area contributed by atoms with Gasteiger partial charge in [0.1, 0.15) is 28.1 Å². The van der Waals surface area contributed by atoms with Gasteiger partial charge in [0, 0.05) is 0 Å². The maximum absolute atomic E-state index is 13.2. The summed E-state index contributed by atoms with van der Waals surface area (Å²) in [6.07, 6.45) is 3.05. The summed E-state index contributed by atoms with van der Waals surface area (Å²) in [6, 6.07) is 9.38. The minimum Gasteiger partial charge on any atom is -0.335 e. The minimum absolute atomic E-state index is 0.210. The van der Waals surface area contributed by atoms with Crippen molar-refractivity contribution in [2.45, 2.75) is 17.7 Å². The Morgan fingerprint density at radius 2 is 2.04 bits per heavy atom. The number of nitrogens with zero attached hydrogens (tertiary/aromatic N) is 6. The fourth-order valence-electron chi connectivity index (χ4n) is 3.00. The van der Waals surface area contributed by atoms with Crippen molar-refractivity contribution in [2.24, 2.45) is 0 Å². The normalized spacial score (nSPS) is 11.5. The Kier molecular flexibility index (Phi) is 3.90. The number of para-hydroxylation sites is 1. The average molecular weight is 391 g/mol. The van der Waals surface area contributed by atoms with Gasteiger partial charge in [0.25, 0.3) is 11.3 Å². The molecule has 0 aliphatic heterocycles. The first-order chi connectivity index (χ1) is 13.7. The Morgan fingerprint density at radius 3 is 2.89 bits per heavy atom. The van der Waals surface area contributed by atoms with Crippen LogP contribution in [0.1, 0.15) is 11.5 Å². The summed E-state index contributed by atoms with van der Waals surface area (Å²) < 4.78 is 6.83. The van der Waals surface area contributed by atoms with Crippen LogP contribution in [-0.2, 0) is 5.75 Å². The van der Waals surface area contributed by atoms with Crippen LogP contribution in [0, 0.1) is 6.92 Å². The molecule has 0 aliphatic carbocycles. The molecule has 5 rings (SSSR count). The van der Waals surface area contributed by atoms with Gasteiger partial charge in [-0.25, -0.2) is 15.0 Å². The molecule has 5 aromatic rings. The average Bonchev–Trinajstić information content (AvgIpc) is 3.34. The smallest absolute Gasteiger partial charge is 0.271 e. The fraction of sp³-hybridized carbons (Fsp3) is 0.111. The fourth-order valence-corrected chi connectivity index (χ4v) is 3.87. The first kappa shape index (κ1) is 16.6. The third-order valence-corrected chi connectivity index (χ3v) is 5.26. The van der Waals surface area contributed by atoms with E-state index in [2.05, 4.69) is 30.1 Å². The molecule has 28 heavy (non-hydrogen) atoms. The topological polar surface area (TPSA) is 115 Å². The molecule has 0 fully saturated rings. The van der Waals surface area contributed by atoms with E-state index in [1.807, 2.05) is 30.3 Å². The van der Waals surface area contributed by atoms with Crippen molar-refractivity contribution in [2.75, 3.05) is 0 Å². The predicted molar refractivity (Wildman–Crippen MR) is 103 cm³/mol. The molecule has 0 amide bonds. The summed E-state index contributed by atoms with van der Waals surface area (Å²) in [5.74, 6) is 0.922. The van der Waals surface area contributed by atoms with Gasteiger partial charge in [0.2, 0.25) is 0 Å². The van der Waals surface area contributed by atoms with Crippen molar-refractivity contribution < 1.29 is 4.52 Å². The lowest BCUT2D eigenvalue weighted by Gasteiger charge is -2.11. The second kappa shape index (κ2) is 6.57. The second-order valence-electron chi connectivity index (χ2n) is 6.02. The third-order valence-electron chi connectivity index (χ3n) is 4.29. The maximum atomic E-state index is 13.2. The van der Waals surface area contributed by atoms with E-state index in [1.165, 1.54) is 18.1 Å². The molecule has 0 atom stereocenters. The van der Waals surface area contributed by atoms with E-state index in [0.29, 0.717) is 38.8 Å². The zero-order chi connectivity index (χ0) is 19.1. The van der Waals surface area contributed by atoms with Crippen LogP contribution in [0.15, 0.2) is 57.3 Å². The molecule has 0 aliphatic rings. The molecule has 0 spiro atoms. The number of hydrogen-bond acceptors (Lipinski definition) is 8. The SMILES string of the molecule is Cc1noc2nc(CSc3ncnc4[nH]cnc34)n(-c3ccccc3)c(=O)c12. The Labute approximate surface area is 161 Å². The van der Waals surface area contributed by atoms with E-state index >= 15 is 0 Å². The van der Waals surface area contributed by atoms with Crippen LogP contribution in [0.2, 0.25) is 0 Å². The van der Waals surface area contributed by atoms with Gasteiger partial charge in [-0.3, -0.25) is 9.36 Å². The van der Waals surface area contributed by atoms with Crippen molar-refractivity contribution in [3.05, 3.63) is 64.9 Å². The number of hydrogen-bond donors (Lipinski definition) is 1. The van der Waals surface area contributed by atoms with E-state index in [4.69, 9.17) is 4.52 Å². The van der Waals surface area contributed by atoms with E-state index < -0.39 is 0 Å².